The van der Waals surface area contributed by atoms with Gasteiger partial charge in [-0.05, 0) is 32.1 Å². The van der Waals surface area contributed by atoms with Gasteiger partial charge in [0, 0.05) is 36.9 Å². The zero-order valence-corrected chi connectivity index (χ0v) is 15.0. The third kappa shape index (κ3) is 5.25. The summed E-state index contributed by atoms with van der Waals surface area (Å²) in [5.74, 6) is 0. The number of halogens is 1. The molecule has 0 aliphatic carbocycles. The van der Waals surface area contributed by atoms with E-state index < -0.39 is 0 Å². The minimum atomic E-state index is -0.183. The van der Waals surface area contributed by atoms with Gasteiger partial charge in [0.15, 0.2) is 0 Å². The van der Waals surface area contributed by atoms with Crippen molar-refractivity contribution in [1.29, 1.82) is 0 Å². The van der Waals surface area contributed by atoms with Gasteiger partial charge in [-0.1, -0.05) is 29.8 Å². The summed E-state index contributed by atoms with van der Waals surface area (Å²) >= 11 is 6.11. The number of benzene rings is 1. The Morgan fingerprint density at radius 2 is 2.08 bits per heavy atom. The lowest BCUT2D eigenvalue weighted by Crippen LogP contribution is -2.41. The fourth-order valence-corrected chi connectivity index (χ4v) is 2.70. The van der Waals surface area contributed by atoms with Crippen LogP contribution in [0.4, 0.5) is 4.79 Å². The van der Waals surface area contributed by atoms with Crippen molar-refractivity contribution in [2.24, 2.45) is 7.05 Å². The van der Waals surface area contributed by atoms with Gasteiger partial charge in [-0.25, -0.2) is 4.79 Å². The summed E-state index contributed by atoms with van der Waals surface area (Å²) in [5, 5.41) is 10.7. The Balaban J connectivity index is 1.78. The van der Waals surface area contributed by atoms with Gasteiger partial charge in [0.25, 0.3) is 0 Å². The second-order valence-corrected chi connectivity index (χ2v) is 6.31. The third-order valence-corrected chi connectivity index (χ3v) is 4.20. The molecule has 24 heavy (non-hydrogen) atoms. The standard InChI is InChI=1S/C17H24ClN5O/c1-22(2)16(14-10-21-23(3)12-14)11-20-17(24)19-9-8-13-6-4-5-7-15(13)18/h4-7,10,12,16H,8-9,11H2,1-3H3,(H2,19,20,24). The Hall–Kier alpha value is -2.05. The molecule has 2 amide bonds. The molecule has 130 valence electrons. The first-order chi connectivity index (χ1) is 11.5. The van der Waals surface area contributed by atoms with Gasteiger partial charge < -0.3 is 15.5 Å². The molecule has 2 N–H and O–H groups in total. The van der Waals surface area contributed by atoms with Crippen LogP contribution in [0.15, 0.2) is 36.7 Å². The molecule has 1 heterocycles. The highest BCUT2D eigenvalue weighted by molar-refractivity contribution is 6.31. The molecule has 1 aromatic heterocycles. The van der Waals surface area contributed by atoms with Crippen molar-refractivity contribution in [3.05, 3.63) is 52.8 Å². The summed E-state index contributed by atoms with van der Waals surface area (Å²) in [6.07, 6.45) is 4.48. The molecular weight excluding hydrogens is 326 g/mol. The SMILES string of the molecule is CN(C)C(CNC(=O)NCCc1ccccc1Cl)c1cnn(C)c1. The Kier molecular flexibility index (Phi) is 6.63. The molecule has 0 saturated carbocycles. The monoisotopic (exact) mass is 349 g/mol. The Morgan fingerprint density at radius 3 is 2.71 bits per heavy atom. The summed E-state index contributed by atoms with van der Waals surface area (Å²) in [6, 6.07) is 7.55. The lowest BCUT2D eigenvalue weighted by Gasteiger charge is -2.23. The smallest absolute Gasteiger partial charge is 0.314 e. The van der Waals surface area contributed by atoms with Gasteiger partial charge in [-0.3, -0.25) is 4.68 Å². The maximum absolute atomic E-state index is 12.0. The highest BCUT2D eigenvalue weighted by Crippen LogP contribution is 2.16. The summed E-state index contributed by atoms with van der Waals surface area (Å²) in [6.45, 7) is 1.05. The van der Waals surface area contributed by atoms with Crippen LogP contribution >= 0.6 is 11.6 Å². The number of nitrogens with one attached hydrogen (secondary N) is 2. The molecule has 1 unspecified atom stereocenters. The van der Waals surface area contributed by atoms with Crippen LogP contribution in [0.3, 0.4) is 0 Å². The molecule has 6 nitrogen and oxygen atoms in total. The molecule has 0 radical (unpaired) electrons. The third-order valence-electron chi connectivity index (χ3n) is 3.83. The average molecular weight is 350 g/mol. The van der Waals surface area contributed by atoms with E-state index >= 15 is 0 Å². The molecule has 0 aliphatic heterocycles. The molecule has 2 aromatic rings. The number of rotatable bonds is 7. The molecular formula is C17H24ClN5O. The number of urea groups is 1. The minimum absolute atomic E-state index is 0.0769. The number of hydrogen-bond acceptors (Lipinski definition) is 3. The normalized spacial score (nSPS) is 12.2. The molecule has 0 bridgehead atoms. The first kappa shape index (κ1) is 18.3. The van der Waals surface area contributed by atoms with E-state index in [9.17, 15) is 4.79 Å². The molecule has 0 saturated heterocycles. The van der Waals surface area contributed by atoms with Crippen LogP contribution in [0.2, 0.25) is 5.02 Å². The topological polar surface area (TPSA) is 62.2 Å². The van der Waals surface area contributed by atoms with Gasteiger partial charge >= 0.3 is 6.03 Å². The predicted octanol–water partition coefficient (Wildman–Crippen LogP) is 2.22. The van der Waals surface area contributed by atoms with Gasteiger partial charge in [0.05, 0.1) is 12.2 Å². The molecule has 1 aromatic carbocycles. The number of nitrogens with zero attached hydrogens (tertiary/aromatic N) is 3. The van der Waals surface area contributed by atoms with E-state index in [2.05, 4.69) is 20.6 Å². The Morgan fingerprint density at radius 1 is 1.33 bits per heavy atom. The van der Waals surface area contributed by atoms with E-state index in [1.807, 2.05) is 57.8 Å². The van der Waals surface area contributed by atoms with E-state index in [0.717, 1.165) is 16.1 Å². The largest absolute Gasteiger partial charge is 0.338 e. The van der Waals surface area contributed by atoms with Gasteiger partial charge in [0.2, 0.25) is 0 Å². The van der Waals surface area contributed by atoms with E-state index in [0.29, 0.717) is 19.5 Å². The fraction of sp³-hybridized carbons (Fsp3) is 0.412. The van der Waals surface area contributed by atoms with E-state index in [-0.39, 0.29) is 12.1 Å². The van der Waals surface area contributed by atoms with E-state index in [1.165, 1.54) is 0 Å². The van der Waals surface area contributed by atoms with Crippen LogP contribution in [-0.2, 0) is 13.5 Å². The van der Waals surface area contributed by atoms with Gasteiger partial charge in [-0.15, -0.1) is 0 Å². The average Bonchev–Trinajstić information content (AvgIpc) is 2.95. The quantitative estimate of drug-likeness (QED) is 0.805. The lowest BCUT2D eigenvalue weighted by atomic mass is 10.1. The van der Waals surface area contributed by atoms with Gasteiger partial charge in [-0.2, -0.15) is 5.10 Å². The van der Waals surface area contributed by atoms with Crippen molar-refractivity contribution in [2.45, 2.75) is 12.5 Å². The number of hydrogen-bond donors (Lipinski definition) is 2. The first-order valence-corrected chi connectivity index (χ1v) is 8.25. The van der Waals surface area contributed by atoms with Crippen LogP contribution in [0, 0.1) is 0 Å². The van der Waals surface area contributed by atoms with Crippen molar-refractivity contribution in [2.75, 3.05) is 27.2 Å². The highest BCUT2D eigenvalue weighted by atomic mass is 35.5. The summed E-state index contributed by atoms with van der Waals surface area (Å²) in [5.41, 5.74) is 2.10. The zero-order chi connectivity index (χ0) is 17.5. The Bertz CT molecular complexity index is 671. The maximum Gasteiger partial charge on any atom is 0.314 e. The van der Waals surface area contributed by atoms with Crippen molar-refractivity contribution >= 4 is 17.6 Å². The van der Waals surface area contributed by atoms with Crippen LogP contribution in [0.25, 0.3) is 0 Å². The predicted molar refractivity (Wildman–Crippen MR) is 96.2 cm³/mol. The number of aryl methyl sites for hydroxylation is 1. The maximum atomic E-state index is 12.0. The fourth-order valence-electron chi connectivity index (χ4n) is 2.47. The van der Waals surface area contributed by atoms with Crippen LogP contribution in [-0.4, -0.2) is 47.9 Å². The van der Waals surface area contributed by atoms with Crippen molar-refractivity contribution in [3.63, 3.8) is 0 Å². The minimum Gasteiger partial charge on any atom is -0.338 e. The van der Waals surface area contributed by atoms with Crippen LogP contribution in [0.5, 0.6) is 0 Å². The van der Waals surface area contributed by atoms with Crippen LogP contribution in [0.1, 0.15) is 17.2 Å². The van der Waals surface area contributed by atoms with Crippen molar-refractivity contribution in [3.8, 4) is 0 Å². The number of amides is 2. The summed E-state index contributed by atoms with van der Waals surface area (Å²) in [4.78, 5) is 14.0. The highest BCUT2D eigenvalue weighted by Gasteiger charge is 2.16. The molecule has 0 fully saturated rings. The van der Waals surface area contributed by atoms with Gasteiger partial charge in [0.1, 0.15) is 0 Å². The lowest BCUT2D eigenvalue weighted by molar-refractivity contribution is 0.233. The van der Waals surface area contributed by atoms with Crippen molar-refractivity contribution < 1.29 is 4.79 Å². The second-order valence-electron chi connectivity index (χ2n) is 5.90. The molecule has 7 heteroatoms. The molecule has 0 aliphatic rings. The molecule has 1 atom stereocenters. The number of aromatic nitrogens is 2. The van der Waals surface area contributed by atoms with E-state index in [1.54, 1.807) is 4.68 Å². The zero-order valence-electron chi connectivity index (χ0n) is 14.3. The van der Waals surface area contributed by atoms with E-state index in [4.69, 9.17) is 11.6 Å². The van der Waals surface area contributed by atoms with Crippen molar-refractivity contribution in [1.82, 2.24) is 25.3 Å². The molecule has 0 spiro atoms. The molecule has 2 rings (SSSR count). The first-order valence-electron chi connectivity index (χ1n) is 7.87. The number of likely N-dealkylation sites (N-methyl/N-ethyl adjacent to an activating group) is 1. The number of carbonyl (C=O) groups excluding carboxylic acids is 1. The van der Waals surface area contributed by atoms with Crippen LogP contribution < -0.4 is 10.6 Å². The Labute approximate surface area is 147 Å². The number of carbonyl (C=O) groups is 1. The summed E-state index contributed by atoms with van der Waals surface area (Å²) < 4.78 is 1.76. The summed E-state index contributed by atoms with van der Waals surface area (Å²) in [7, 11) is 5.84. The second kappa shape index (κ2) is 8.70.